The van der Waals surface area contributed by atoms with Gasteiger partial charge in [-0.25, -0.2) is 0 Å². The highest BCUT2D eigenvalue weighted by molar-refractivity contribution is 7.45. The molecule has 0 aliphatic rings. The lowest BCUT2D eigenvalue weighted by Crippen LogP contribution is -2.37. The van der Waals surface area contributed by atoms with E-state index in [-0.39, 0.29) is 26.1 Å². The first-order valence-electron chi connectivity index (χ1n) is 28.1. The van der Waals surface area contributed by atoms with Crippen LogP contribution in [-0.4, -0.2) is 70.0 Å². The molecule has 406 valence electrons. The van der Waals surface area contributed by atoms with Crippen molar-refractivity contribution in [1.29, 1.82) is 0 Å². The molecule has 0 N–H and O–H groups in total. The smallest absolute Gasteiger partial charge is 0.306 e. The van der Waals surface area contributed by atoms with Gasteiger partial charge in [0.25, 0.3) is 7.82 Å². The van der Waals surface area contributed by atoms with E-state index < -0.39 is 32.5 Å². The molecular weight excluding hydrogens is 906 g/mol. The van der Waals surface area contributed by atoms with E-state index in [1.54, 1.807) is 0 Å². The lowest BCUT2D eigenvalue weighted by Gasteiger charge is -2.28. The van der Waals surface area contributed by atoms with E-state index in [2.05, 4.69) is 123 Å². The Kier molecular flexibility index (Phi) is 49.1. The summed E-state index contributed by atoms with van der Waals surface area (Å²) in [5.74, 6) is -0.866. The Hall–Kier alpha value is -3.33. The van der Waals surface area contributed by atoms with Crippen LogP contribution in [0.5, 0.6) is 0 Å². The third-order valence-electron chi connectivity index (χ3n) is 11.5. The van der Waals surface area contributed by atoms with Crippen molar-refractivity contribution in [2.45, 2.75) is 219 Å². The van der Waals surface area contributed by atoms with Crippen molar-refractivity contribution in [3.8, 4) is 0 Å². The number of likely N-dealkylation sites (N-methyl/N-ethyl adjacent to an activating group) is 1. The summed E-state index contributed by atoms with van der Waals surface area (Å²) < 4.78 is 34.1. The highest BCUT2D eigenvalue weighted by atomic mass is 31.2. The Morgan fingerprint density at radius 3 is 1.21 bits per heavy atom. The summed E-state index contributed by atoms with van der Waals surface area (Å²) in [7, 11) is 1.14. The molecule has 0 bridgehead atoms. The van der Waals surface area contributed by atoms with Crippen LogP contribution >= 0.6 is 7.82 Å². The topological polar surface area (TPSA) is 111 Å². The molecule has 0 aromatic carbocycles. The summed E-state index contributed by atoms with van der Waals surface area (Å²) in [6.07, 6.45) is 71.3. The Bertz CT molecular complexity index is 1570. The van der Waals surface area contributed by atoms with Gasteiger partial charge < -0.3 is 27.9 Å². The maximum Gasteiger partial charge on any atom is 0.306 e. The molecule has 0 fully saturated rings. The van der Waals surface area contributed by atoms with Gasteiger partial charge in [-0.15, -0.1) is 0 Å². The number of carbonyl (C=O) groups excluding carboxylic acids is 2. The number of ether oxygens (including phenoxy) is 2. The van der Waals surface area contributed by atoms with Crippen LogP contribution in [-0.2, 0) is 32.7 Å². The minimum Gasteiger partial charge on any atom is -0.756 e. The van der Waals surface area contributed by atoms with Crippen molar-refractivity contribution in [2.75, 3.05) is 47.5 Å². The molecule has 0 aromatic rings. The number of hydrogen-bond acceptors (Lipinski definition) is 8. The van der Waals surface area contributed by atoms with Crippen LogP contribution in [0.4, 0.5) is 0 Å². The molecule has 0 radical (unpaired) electrons. The van der Waals surface area contributed by atoms with Crippen LogP contribution in [0.3, 0.4) is 0 Å². The average Bonchev–Trinajstić information content (AvgIpc) is 3.33. The summed E-state index contributed by atoms with van der Waals surface area (Å²) in [4.78, 5) is 37.8. The molecule has 0 aliphatic heterocycles. The van der Waals surface area contributed by atoms with Gasteiger partial charge in [0.2, 0.25) is 0 Å². The molecule has 0 rings (SSSR count). The average molecular weight is 1010 g/mol. The predicted molar refractivity (Wildman–Crippen MR) is 300 cm³/mol. The van der Waals surface area contributed by atoms with E-state index in [1.165, 1.54) is 51.4 Å². The third-order valence-corrected chi connectivity index (χ3v) is 12.5. The molecule has 0 saturated carbocycles. The largest absolute Gasteiger partial charge is 0.756 e. The summed E-state index contributed by atoms with van der Waals surface area (Å²) in [6.45, 7) is 4.08. The Labute approximate surface area is 436 Å². The number of phosphoric acid groups is 1. The summed E-state index contributed by atoms with van der Waals surface area (Å²) in [5, 5.41) is 0. The number of nitrogens with zero attached hydrogens (tertiary/aromatic N) is 1. The van der Waals surface area contributed by atoms with Gasteiger partial charge in [0, 0.05) is 12.8 Å². The second kappa shape index (κ2) is 51.6. The fraction of sp³-hybridized carbons (Fsp3) is 0.672. The molecule has 0 aliphatic carbocycles. The molecule has 0 aromatic heterocycles. The zero-order chi connectivity index (χ0) is 52.0. The van der Waals surface area contributed by atoms with Crippen molar-refractivity contribution >= 4 is 19.8 Å². The maximum atomic E-state index is 12.8. The van der Waals surface area contributed by atoms with Gasteiger partial charge in [-0.1, -0.05) is 207 Å². The number of allylic oxidation sites excluding steroid dienone is 18. The fourth-order valence-corrected chi connectivity index (χ4v) is 7.92. The van der Waals surface area contributed by atoms with Gasteiger partial charge >= 0.3 is 11.9 Å². The third kappa shape index (κ3) is 55.8. The lowest BCUT2D eigenvalue weighted by molar-refractivity contribution is -0.870. The molecule has 0 amide bonds. The number of carbonyl (C=O) groups is 2. The number of hydrogen-bond donors (Lipinski definition) is 0. The summed E-state index contributed by atoms with van der Waals surface area (Å²) in [5.41, 5.74) is 0. The van der Waals surface area contributed by atoms with Gasteiger partial charge in [-0.2, -0.15) is 0 Å². The van der Waals surface area contributed by atoms with E-state index >= 15 is 0 Å². The quantitative estimate of drug-likeness (QED) is 0.0195. The monoisotopic (exact) mass is 1010 g/mol. The molecule has 0 saturated heterocycles. The molecular formula is C61H104NO8P. The van der Waals surface area contributed by atoms with Crippen LogP contribution in [0.15, 0.2) is 109 Å². The molecule has 2 atom stereocenters. The summed E-state index contributed by atoms with van der Waals surface area (Å²) in [6, 6.07) is 0. The van der Waals surface area contributed by atoms with E-state index in [0.29, 0.717) is 23.9 Å². The van der Waals surface area contributed by atoms with Crippen LogP contribution in [0.25, 0.3) is 0 Å². The van der Waals surface area contributed by atoms with Gasteiger partial charge in [0.05, 0.1) is 27.7 Å². The van der Waals surface area contributed by atoms with Gasteiger partial charge in [-0.3, -0.25) is 14.2 Å². The second-order valence-corrected chi connectivity index (χ2v) is 21.0. The highest BCUT2D eigenvalue weighted by Crippen LogP contribution is 2.38. The van der Waals surface area contributed by atoms with Crippen molar-refractivity contribution in [2.24, 2.45) is 0 Å². The normalized spacial score (nSPS) is 14.2. The zero-order valence-corrected chi connectivity index (χ0v) is 46.8. The van der Waals surface area contributed by atoms with Crippen LogP contribution < -0.4 is 4.89 Å². The van der Waals surface area contributed by atoms with Crippen LogP contribution in [0, 0.1) is 0 Å². The Balaban J connectivity index is 4.25. The second-order valence-electron chi connectivity index (χ2n) is 19.6. The minimum atomic E-state index is -4.65. The number of phosphoric ester groups is 1. The van der Waals surface area contributed by atoms with Crippen LogP contribution in [0.2, 0.25) is 0 Å². The number of unbranched alkanes of at least 4 members (excludes halogenated alkanes) is 18. The predicted octanol–water partition coefficient (Wildman–Crippen LogP) is 16.8. The minimum absolute atomic E-state index is 0.0408. The number of quaternary nitrogens is 1. The number of esters is 2. The van der Waals surface area contributed by atoms with Gasteiger partial charge in [0.15, 0.2) is 6.10 Å². The van der Waals surface area contributed by atoms with E-state index in [4.69, 9.17) is 18.5 Å². The van der Waals surface area contributed by atoms with E-state index in [1.807, 2.05) is 21.1 Å². The van der Waals surface area contributed by atoms with Crippen molar-refractivity contribution in [3.05, 3.63) is 109 Å². The summed E-state index contributed by atoms with van der Waals surface area (Å²) >= 11 is 0. The van der Waals surface area contributed by atoms with E-state index in [9.17, 15) is 19.0 Å². The first kappa shape index (κ1) is 67.7. The lowest BCUT2D eigenvalue weighted by atomic mass is 10.1. The molecule has 71 heavy (non-hydrogen) atoms. The molecule has 2 unspecified atom stereocenters. The van der Waals surface area contributed by atoms with E-state index in [0.717, 1.165) is 122 Å². The van der Waals surface area contributed by atoms with Crippen molar-refractivity contribution in [3.63, 3.8) is 0 Å². The first-order valence-corrected chi connectivity index (χ1v) is 29.6. The Morgan fingerprint density at radius 1 is 0.451 bits per heavy atom. The highest BCUT2D eigenvalue weighted by Gasteiger charge is 2.21. The van der Waals surface area contributed by atoms with Crippen molar-refractivity contribution in [1.82, 2.24) is 0 Å². The fourth-order valence-electron chi connectivity index (χ4n) is 7.19. The van der Waals surface area contributed by atoms with Gasteiger partial charge in [-0.05, 0) is 103 Å². The molecule has 9 nitrogen and oxygen atoms in total. The molecule has 0 heterocycles. The maximum absolute atomic E-state index is 12.8. The van der Waals surface area contributed by atoms with Crippen molar-refractivity contribution < 1.29 is 42.1 Å². The number of rotatable bonds is 50. The zero-order valence-electron chi connectivity index (χ0n) is 45.9. The van der Waals surface area contributed by atoms with Gasteiger partial charge in [0.1, 0.15) is 19.8 Å². The Morgan fingerprint density at radius 2 is 0.803 bits per heavy atom. The first-order chi connectivity index (χ1) is 34.5. The SMILES string of the molecule is CC/C=C\C/C=C\C/C=C\C/C=C\C/C=C\C/C=C\C/C=C\C/C=C\CCCCCCCCC(=O)OC(COC(=O)CCCCCCC/C=C\CCCCCCCCC)COP(=O)([O-])OCC[N+](C)(C)C. The molecule has 0 spiro atoms. The molecule has 10 heteroatoms. The van der Waals surface area contributed by atoms with Crippen LogP contribution in [0.1, 0.15) is 213 Å². The standard InChI is InChI=1S/C61H104NO8P/c1-6-8-10-12-14-16-18-20-22-24-25-26-27-28-29-30-31-32-33-34-35-36-37-38-40-42-44-46-48-50-52-54-61(64)70-59(58-69-71(65,66)68-56-55-62(3,4)5)57-67-60(63)53-51-49-47-45-43-41-39-23-21-19-17-15-13-11-9-7-2/h8,10,14,16,20,22-23,25-26,28-29,31-32,34-35,37-39,59H,6-7,9,11-13,15,17-19,21,24,27,30,33,36,40-58H2,1-5H3/b10-8-,16-14-,22-20-,26-25-,29-28-,32-31-,35-34-,38-37-,39-23-.